The van der Waals surface area contributed by atoms with Crippen LogP contribution in [0.15, 0.2) is 42.5 Å². The van der Waals surface area contributed by atoms with E-state index < -0.39 is 0 Å². The molecule has 0 aromatic heterocycles. The van der Waals surface area contributed by atoms with Crippen LogP contribution in [0.3, 0.4) is 0 Å². The quantitative estimate of drug-likeness (QED) is 0.800. The van der Waals surface area contributed by atoms with Crippen LogP contribution in [0.4, 0.5) is 4.39 Å². The average molecular weight is 268 g/mol. The maximum Gasteiger partial charge on any atom is 0.166 e. The van der Waals surface area contributed by atoms with Gasteiger partial charge in [0.05, 0.1) is 0 Å². The lowest BCUT2D eigenvalue weighted by molar-refractivity contribution is 0.0901. The fraction of sp³-hybridized carbons (Fsp3) is 0.278. The van der Waals surface area contributed by atoms with E-state index in [-0.39, 0.29) is 17.5 Å². The van der Waals surface area contributed by atoms with Gasteiger partial charge in [0.15, 0.2) is 5.78 Å². The van der Waals surface area contributed by atoms with Gasteiger partial charge in [0.2, 0.25) is 0 Å². The molecule has 0 bridgehead atoms. The zero-order chi connectivity index (χ0) is 14.1. The van der Waals surface area contributed by atoms with Crippen molar-refractivity contribution in [3.63, 3.8) is 0 Å². The number of ketones is 1. The second-order valence-electron chi connectivity index (χ2n) is 5.53. The van der Waals surface area contributed by atoms with Gasteiger partial charge in [-0.15, -0.1) is 0 Å². The van der Waals surface area contributed by atoms with E-state index in [4.69, 9.17) is 0 Å². The minimum Gasteiger partial charge on any atom is -0.294 e. The van der Waals surface area contributed by atoms with Crippen molar-refractivity contribution in [2.24, 2.45) is 5.92 Å². The molecule has 1 aliphatic rings. The van der Waals surface area contributed by atoms with Crippen molar-refractivity contribution >= 4 is 5.78 Å². The Balaban J connectivity index is 1.85. The van der Waals surface area contributed by atoms with Gasteiger partial charge in [-0.05, 0) is 55.0 Å². The predicted octanol–water partition coefficient (Wildman–Crippen LogP) is 4.12. The normalized spacial score (nSPS) is 17.9. The first kappa shape index (κ1) is 13.0. The predicted molar refractivity (Wildman–Crippen MR) is 77.4 cm³/mol. The number of Topliss-reactive ketones (excluding diaryl/α,β-unsaturated/α-hetero) is 1. The van der Waals surface area contributed by atoms with Crippen molar-refractivity contribution in [2.75, 3.05) is 0 Å². The zero-order valence-corrected chi connectivity index (χ0v) is 11.5. The molecule has 0 aliphatic heterocycles. The molecular weight excluding hydrogens is 251 g/mol. The van der Waals surface area contributed by atoms with Crippen molar-refractivity contribution < 1.29 is 9.18 Å². The van der Waals surface area contributed by atoms with Gasteiger partial charge in [0.1, 0.15) is 5.82 Å². The Bertz CT molecular complexity index is 660. The minimum absolute atomic E-state index is 0.0223. The largest absolute Gasteiger partial charge is 0.294 e. The van der Waals surface area contributed by atoms with Crippen LogP contribution in [-0.4, -0.2) is 5.78 Å². The van der Waals surface area contributed by atoms with Gasteiger partial charge in [-0.25, -0.2) is 4.39 Å². The Morgan fingerprint density at radius 2 is 2.00 bits per heavy atom. The SMILES string of the molecule is Cc1cc(F)ccc1CC1CCc2ccccc2C1=O. The summed E-state index contributed by atoms with van der Waals surface area (Å²) < 4.78 is 13.1. The van der Waals surface area contributed by atoms with Gasteiger partial charge in [-0.1, -0.05) is 30.3 Å². The molecule has 0 spiro atoms. The number of hydrogen-bond acceptors (Lipinski definition) is 1. The number of rotatable bonds is 2. The van der Waals surface area contributed by atoms with E-state index in [1.165, 1.54) is 12.1 Å². The summed E-state index contributed by atoms with van der Waals surface area (Å²) in [5.41, 5.74) is 4.02. The first-order chi connectivity index (χ1) is 9.65. The van der Waals surface area contributed by atoms with Gasteiger partial charge in [0, 0.05) is 11.5 Å². The molecule has 1 unspecified atom stereocenters. The lowest BCUT2D eigenvalue weighted by Gasteiger charge is -2.23. The molecule has 0 fully saturated rings. The Morgan fingerprint density at radius 3 is 2.80 bits per heavy atom. The third-order valence-corrected chi connectivity index (χ3v) is 4.19. The highest BCUT2D eigenvalue weighted by atomic mass is 19.1. The molecular formula is C18H17FO. The molecule has 2 aromatic carbocycles. The topological polar surface area (TPSA) is 17.1 Å². The van der Waals surface area contributed by atoms with Crippen molar-refractivity contribution in [3.8, 4) is 0 Å². The summed E-state index contributed by atoms with van der Waals surface area (Å²) in [7, 11) is 0. The lowest BCUT2D eigenvalue weighted by Crippen LogP contribution is -2.24. The second-order valence-corrected chi connectivity index (χ2v) is 5.53. The molecule has 0 N–H and O–H groups in total. The molecule has 1 atom stereocenters. The third-order valence-electron chi connectivity index (χ3n) is 4.19. The number of hydrogen-bond donors (Lipinski definition) is 0. The summed E-state index contributed by atoms with van der Waals surface area (Å²) in [6, 6.07) is 12.7. The fourth-order valence-corrected chi connectivity index (χ4v) is 3.01. The van der Waals surface area contributed by atoms with E-state index >= 15 is 0 Å². The number of carbonyl (C=O) groups excluding carboxylic acids is 1. The summed E-state index contributed by atoms with van der Waals surface area (Å²) >= 11 is 0. The standard InChI is InChI=1S/C18H17FO/c1-12-10-16(19)9-8-14(12)11-15-7-6-13-4-2-3-5-17(13)18(15)20/h2-5,8-10,15H,6-7,11H2,1H3. The molecule has 1 nitrogen and oxygen atoms in total. The number of aryl methyl sites for hydroxylation is 2. The van der Waals surface area contributed by atoms with Gasteiger partial charge in [-0.3, -0.25) is 4.79 Å². The van der Waals surface area contributed by atoms with E-state index in [9.17, 15) is 9.18 Å². The maximum atomic E-state index is 13.1. The van der Waals surface area contributed by atoms with Crippen LogP contribution in [0.1, 0.15) is 33.5 Å². The van der Waals surface area contributed by atoms with Gasteiger partial charge in [-0.2, -0.15) is 0 Å². The third kappa shape index (κ3) is 2.38. The maximum absolute atomic E-state index is 13.1. The van der Waals surface area contributed by atoms with Gasteiger partial charge < -0.3 is 0 Å². The van der Waals surface area contributed by atoms with E-state index in [0.29, 0.717) is 6.42 Å². The highest BCUT2D eigenvalue weighted by Crippen LogP contribution is 2.28. The molecule has 0 radical (unpaired) electrons. The molecule has 0 saturated heterocycles. The van der Waals surface area contributed by atoms with E-state index in [2.05, 4.69) is 0 Å². The molecule has 102 valence electrons. The summed E-state index contributed by atoms with van der Waals surface area (Å²) in [5.74, 6) is 0.0382. The summed E-state index contributed by atoms with van der Waals surface area (Å²) in [4.78, 5) is 12.5. The first-order valence-electron chi connectivity index (χ1n) is 7.02. The first-order valence-corrected chi connectivity index (χ1v) is 7.02. The lowest BCUT2D eigenvalue weighted by atomic mass is 9.79. The zero-order valence-electron chi connectivity index (χ0n) is 11.5. The van der Waals surface area contributed by atoms with Crippen LogP contribution < -0.4 is 0 Å². The number of benzene rings is 2. The summed E-state index contributed by atoms with van der Waals surface area (Å²) in [6.07, 6.45) is 2.54. The van der Waals surface area contributed by atoms with E-state index in [1.807, 2.05) is 31.2 Å². The molecule has 1 aliphatic carbocycles. The molecule has 2 aromatic rings. The van der Waals surface area contributed by atoms with Gasteiger partial charge in [0.25, 0.3) is 0 Å². The second kappa shape index (κ2) is 5.20. The highest BCUT2D eigenvalue weighted by Gasteiger charge is 2.27. The fourth-order valence-electron chi connectivity index (χ4n) is 3.01. The van der Waals surface area contributed by atoms with Crippen LogP contribution in [0.25, 0.3) is 0 Å². The van der Waals surface area contributed by atoms with Crippen molar-refractivity contribution in [1.82, 2.24) is 0 Å². The average Bonchev–Trinajstić information content (AvgIpc) is 2.45. The Hall–Kier alpha value is -1.96. The summed E-state index contributed by atoms with van der Waals surface area (Å²) in [5, 5.41) is 0. The minimum atomic E-state index is -0.216. The Morgan fingerprint density at radius 1 is 1.20 bits per heavy atom. The van der Waals surface area contributed by atoms with E-state index in [0.717, 1.165) is 35.1 Å². The molecule has 3 rings (SSSR count). The van der Waals surface area contributed by atoms with Crippen molar-refractivity contribution in [3.05, 3.63) is 70.5 Å². The van der Waals surface area contributed by atoms with E-state index in [1.54, 1.807) is 6.07 Å². The van der Waals surface area contributed by atoms with Crippen molar-refractivity contribution in [1.29, 1.82) is 0 Å². The molecule has 0 saturated carbocycles. The van der Waals surface area contributed by atoms with Crippen LogP contribution in [0, 0.1) is 18.7 Å². The molecule has 0 heterocycles. The number of carbonyl (C=O) groups is 1. The molecule has 20 heavy (non-hydrogen) atoms. The number of fused-ring (bicyclic) bond motifs is 1. The Labute approximate surface area is 118 Å². The molecule has 2 heteroatoms. The van der Waals surface area contributed by atoms with Crippen LogP contribution in [-0.2, 0) is 12.8 Å². The Kier molecular flexibility index (Phi) is 3.39. The monoisotopic (exact) mass is 268 g/mol. The summed E-state index contributed by atoms with van der Waals surface area (Å²) in [6.45, 7) is 1.90. The van der Waals surface area contributed by atoms with Crippen molar-refractivity contribution in [2.45, 2.75) is 26.2 Å². The van der Waals surface area contributed by atoms with Crippen LogP contribution in [0.5, 0.6) is 0 Å². The molecule has 0 amide bonds. The van der Waals surface area contributed by atoms with Crippen LogP contribution >= 0.6 is 0 Å². The number of halogens is 1. The smallest absolute Gasteiger partial charge is 0.166 e. The van der Waals surface area contributed by atoms with Gasteiger partial charge >= 0.3 is 0 Å². The highest BCUT2D eigenvalue weighted by molar-refractivity contribution is 6.00. The van der Waals surface area contributed by atoms with Crippen LogP contribution in [0.2, 0.25) is 0 Å².